The molecule has 0 bridgehead atoms. The molecule has 2 aromatic carbocycles. The first kappa shape index (κ1) is 30.7. The molecular formula is C34H37N5O2S2. The summed E-state index contributed by atoms with van der Waals surface area (Å²) >= 11 is 6.98. The molecule has 1 aromatic heterocycles. The zero-order valence-corrected chi connectivity index (χ0v) is 26.6. The van der Waals surface area contributed by atoms with Crippen molar-refractivity contribution in [3.63, 3.8) is 0 Å². The van der Waals surface area contributed by atoms with Gasteiger partial charge < -0.3 is 4.90 Å². The predicted molar refractivity (Wildman–Crippen MR) is 179 cm³/mol. The van der Waals surface area contributed by atoms with Crippen LogP contribution in [0.25, 0.3) is 6.08 Å². The van der Waals surface area contributed by atoms with E-state index in [4.69, 9.17) is 12.2 Å². The van der Waals surface area contributed by atoms with E-state index in [1.54, 1.807) is 9.47 Å². The number of piperazine rings is 1. The Morgan fingerprint density at radius 3 is 2.30 bits per heavy atom. The molecule has 5 rings (SSSR count). The van der Waals surface area contributed by atoms with Crippen molar-refractivity contribution in [2.75, 3.05) is 31.1 Å². The molecule has 2 aliphatic rings. The van der Waals surface area contributed by atoms with Gasteiger partial charge >= 0.3 is 0 Å². The second-order valence-corrected chi connectivity index (χ2v) is 12.7. The van der Waals surface area contributed by atoms with Gasteiger partial charge in [-0.15, -0.1) is 0 Å². The molecule has 1 amide bonds. The maximum atomic E-state index is 13.8. The van der Waals surface area contributed by atoms with E-state index < -0.39 is 0 Å². The lowest BCUT2D eigenvalue weighted by atomic mass is 10.0. The van der Waals surface area contributed by atoms with Crippen molar-refractivity contribution in [3.05, 3.63) is 104 Å². The molecule has 2 fully saturated rings. The smallest absolute Gasteiger partial charge is 0.270 e. The van der Waals surface area contributed by atoms with Crippen LogP contribution in [0.5, 0.6) is 0 Å². The van der Waals surface area contributed by atoms with Crippen LogP contribution in [0.4, 0.5) is 5.82 Å². The van der Waals surface area contributed by atoms with Crippen LogP contribution in [0.2, 0.25) is 0 Å². The van der Waals surface area contributed by atoms with Crippen LogP contribution in [0.3, 0.4) is 0 Å². The Kier molecular flexibility index (Phi) is 9.81. The molecule has 1 unspecified atom stereocenters. The molecule has 9 heteroatoms. The summed E-state index contributed by atoms with van der Waals surface area (Å²) in [5.41, 5.74) is 3.49. The second-order valence-electron chi connectivity index (χ2n) is 11.0. The average Bonchev–Trinajstić information content (AvgIpc) is 3.31. The quantitative estimate of drug-likeness (QED) is 0.214. The number of thioether (sulfide) groups is 1. The Morgan fingerprint density at radius 2 is 1.67 bits per heavy atom. The summed E-state index contributed by atoms with van der Waals surface area (Å²) in [5, 5.41) is 10.0. The van der Waals surface area contributed by atoms with Gasteiger partial charge in [0.05, 0.1) is 10.9 Å². The third kappa shape index (κ3) is 6.47. The fourth-order valence-corrected chi connectivity index (χ4v) is 7.19. The minimum absolute atomic E-state index is 0.127. The Morgan fingerprint density at radius 1 is 1.02 bits per heavy atom. The van der Waals surface area contributed by atoms with Crippen LogP contribution >= 0.6 is 24.0 Å². The maximum absolute atomic E-state index is 13.8. The van der Waals surface area contributed by atoms with Gasteiger partial charge in [-0.2, -0.15) is 5.26 Å². The van der Waals surface area contributed by atoms with Gasteiger partial charge in [-0.3, -0.25) is 24.0 Å². The number of carbonyl (C=O) groups is 1. The molecule has 1 atom stereocenters. The molecule has 2 saturated heterocycles. The Bertz CT molecular complexity index is 1620. The molecule has 7 nitrogen and oxygen atoms in total. The molecule has 0 saturated carbocycles. The van der Waals surface area contributed by atoms with Gasteiger partial charge in [0, 0.05) is 44.8 Å². The van der Waals surface area contributed by atoms with Gasteiger partial charge in [0.25, 0.3) is 11.5 Å². The van der Waals surface area contributed by atoms with Crippen molar-refractivity contribution < 1.29 is 4.79 Å². The zero-order valence-electron chi connectivity index (χ0n) is 25.0. The van der Waals surface area contributed by atoms with E-state index in [1.165, 1.54) is 17.3 Å². The first-order chi connectivity index (χ1) is 20.8. The fourth-order valence-electron chi connectivity index (χ4n) is 5.79. The zero-order chi connectivity index (χ0) is 30.5. The fraction of sp³-hybridized carbons (Fsp3) is 0.353. The van der Waals surface area contributed by atoms with Gasteiger partial charge in [0.1, 0.15) is 21.8 Å². The van der Waals surface area contributed by atoms with E-state index in [9.17, 15) is 14.9 Å². The number of hydrogen-bond donors (Lipinski definition) is 0. The number of amides is 1. The van der Waals surface area contributed by atoms with E-state index in [1.807, 2.05) is 56.3 Å². The van der Waals surface area contributed by atoms with Gasteiger partial charge in [-0.05, 0) is 43.0 Å². The average molecular weight is 612 g/mol. The lowest BCUT2D eigenvalue weighted by Gasteiger charge is -2.38. The molecule has 222 valence electrons. The Balaban J connectivity index is 1.53. The first-order valence-electron chi connectivity index (χ1n) is 14.8. The summed E-state index contributed by atoms with van der Waals surface area (Å²) in [6, 6.07) is 22.2. The van der Waals surface area contributed by atoms with Crippen LogP contribution in [0.15, 0.2) is 70.4 Å². The summed E-state index contributed by atoms with van der Waals surface area (Å²) in [6.45, 7) is 10.4. The van der Waals surface area contributed by atoms with Crippen LogP contribution in [-0.2, 0) is 17.9 Å². The number of anilines is 1. The number of benzene rings is 2. The molecule has 0 N–H and O–H groups in total. The molecule has 3 aromatic rings. The molecule has 0 aliphatic carbocycles. The highest BCUT2D eigenvalue weighted by Gasteiger charge is 2.37. The van der Waals surface area contributed by atoms with Gasteiger partial charge in [-0.25, -0.2) is 0 Å². The standard InChI is InChI=1S/C34H37N5O2S2/c1-4-5-16-38-31(37-19-17-36(18-20-37)23-26-12-8-6-9-13-26)28(24(2)29(22-35)32(38)40)21-30-33(41)39(34(42)43-30)25(3)27-14-10-7-11-15-27/h6-15,21,25H,4-5,16-20,23H2,1-3H3. The third-order valence-corrected chi connectivity index (χ3v) is 9.60. The summed E-state index contributed by atoms with van der Waals surface area (Å²) in [7, 11) is 0. The van der Waals surface area contributed by atoms with Gasteiger partial charge in [0.15, 0.2) is 0 Å². The SMILES string of the molecule is CCCCn1c(N2CCN(Cc3ccccc3)CC2)c(C=C2SC(=S)N(C(C)c3ccccc3)C2=O)c(C)c(C#N)c1=O. The van der Waals surface area contributed by atoms with E-state index in [-0.39, 0.29) is 23.1 Å². The Hall–Kier alpha value is -3.71. The highest BCUT2D eigenvalue weighted by atomic mass is 32.2. The van der Waals surface area contributed by atoms with Crippen molar-refractivity contribution in [2.24, 2.45) is 0 Å². The molecule has 0 radical (unpaired) electrons. The molecule has 43 heavy (non-hydrogen) atoms. The summed E-state index contributed by atoms with van der Waals surface area (Å²) in [6.07, 6.45) is 3.59. The number of hydrogen-bond acceptors (Lipinski definition) is 7. The summed E-state index contributed by atoms with van der Waals surface area (Å²) in [5.74, 6) is 0.630. The molecular weight excluding hydrogens is 575 g/mol. The van der Waals surface area contributed by atoms with Crippen LogP contribution in [0, 0.1) is 18.3 Å². The molecule has 3 heterocycles. The maximum Gasteiger partial charge on any atom is 0.270 e. The number of thiocarbonyl (C=S) groups is 1. The minimum Gasteiger partial charge on any atom is -0.355 e. The number of nitriles is 1. The van der Waals surface area contributed by atoms with Crippen molar-refractivity contribution >= 4 is 46.1 Å². The number of pyridine rings is 1. The number of aromatic nitrogens is 1. The normalized spacial score (nSPS) is 17.5. The lowest BCUT2D eigenvalue weighted by Crippen LogP contribution is -2.48. The van der Waals surface area contributed by atoms with Crippen molar-refractivity contribution in [3.8, 4) is 6.07 Å². The molecule has 2 aliphatic heterocycles. The van der Waals surface area contributed by atoms with Crippen molar-refractivity contribution in [1.82, 2.24) is 14.4 Å². The van der Waals surface area contributed by atoms with E-state index in [2.05, 4.69) is 47.1 Å². The topological polar surface area (TPSA) is 72.6 Å². The predicted octanol–water partition coefficient (Wildman–Crippen LogP) is 6.11. The number of unbranched alkanes of at least 4 members (excludes halogenated alkanes) is 1. The van der Waals surface area contributed by atoms with Crippen LogP contribution in [0.1, 0.15) is 60.5 Å². The Labute approximate surface area is 263 Å². The number of rotatable bonds is 9. The summed E-state index contributed by atoms with van der Waals surface area (Å²) < 4.78 is 2.27. The van der Waals surface area contributed by atoms with Crippen LogP contribution in [-0.4, -0.2) is 50.8 Å². The second kappa shape index (κ2) is 13.7. The van der Waals surface area contributed by atoms with Gasteiger partial charge in [-0.1, -0.05) is 98.0 Å². The van der Waals surface area contributed by atoms with Crippen LogP contribution < -0.4 is 10.5 Å². The first-order valence-corrected chi connectivity index (χ1v) is 16.1. The summed E-state index contributed by atoms with van der Waals surface area (Å²) in [4.78, 5) is 34.4. The van der Waals surface area contributed by atoms with Crippen molar-refractivity contribution in [1.29, 1.82) is 5.26 Å². The van der Waals surface area contributed by atoms with E-state index in [0.29, 0.717) is 21.3 Å². The third-order valence-electron chi connectivity index (χ3n) is 8.27. The van der Waals surface area contributed by atoms with Gasteiger partial charge in [0.2, 0.25) is 0 Å². The highest BCUT2D eigenvalue weighted by Crippen LogP contribution is 2.40. The lowest BCUT2D eigenvalue weighted by molar-refractivity contribution is -0.123. The molecule has 0 spiro atoms. The number of nitrogens with zero attached hydrogens (tertiary/aromatic N) is 5. The van der Waals surface area contributed by atoms with E-state index in [0.717, 1.165) is 62.5 Å². The monoisotopic (exact) mass is 611 g/mol. The largest absolute Gasteiger partial charge is 0.355 e. The van der Waals surface area contributed by atoms with Crippen molar-refractivity contribution in [2.45, 2.75) is 52.7 Å². The minimum atomic E-state index is -0.266. The van der Waals surface area contributed by atoms with E-state index >= 15 is 0 Å². The number of carbonyl (C=O) groups excluding carboxylic acids is 1. The highest BCUT2D eigenvalue weighted by molar-refractivity contribution is 8.26.